The van der Waals surface area contributed by atoms with E-state index in [0.29, 0.717) is 43.0 Å². The van der Waals surface area contributed by atoms with Gasteiger partial charge in [-0.2, -0.15) is 5.10 Å². The first-order chi connectivity index (χ1) is 15.4. The normalized spacial score (nSPS) is 14.4. The lowest BCUT2D eigenvalue weighted by atomic mass is 10.1. The van der Waals surface area contributed by atoms with E-state index >= 15 is 0 Å². The Morgan fingerprint density at radius 1 is 1.03 bits per heavy atom. The number of carbonyl (C=O) groups is 2. The van der Waals surface area contributed by atoms with Gasteiger partial charge in [0.15, 0.2) is 0 Å². The number of nitrogens with zero attached hydrogens (tertiary/aromatic N) is 3. The second kappa shape index (κ2) is 9.32. The van der Waals surface area contributed by atoms with Crippen molar-refractivity contribution in [2.24, 2.45) is 0 Å². The van der Waals surface area contributed by atoms with Crippen molar-refractivity contribution in [3.05, 3.63) is 71.2 Å². The van der Waals surface area contributed by atoms with Crippen molar-refractivity contribution in [2.75, 3.05) is 38.0 Å². The maximum absolute atomic E-state index is 13.2. The molecule has 1 aliphatic heterocycles. The number of anilines is 1. The molecule has 2 amide bonds. The molecule has 0 atom stereocenters. The number of halogens is 1. The number of rotatable bonds is 5. The van der Waals surface area contributed by atoms with E-state index < -0.39 is 0 Å². The van der Waals surface area contributed by atoms with Crippen LogP contribution in [-0.4, -0.2) is 64.5 Å². The number of hydrogen-bond donors (Lipinski definition) is 2. The molecule has 7 nitrogen and oxygen atoms in total. The molecule has 0 radical (unpaired) electrons. The predicted octanol–water partition coefficient (Wildman–Crippen LogP) is 3.23. The lowest BCUT2D eigenvalue weighted by Crippen LogP contribution is -2.50. The number of H-pyrrole nitrogens is 1. The zero-order valence-corrected chi connectivity index (χ0v) is 18.2. The van der Waals surface area contributed by atoms with Crippen LogP contribution in [0.1, 0.15) is 21.5 Å². The Hall–Kier alpha value is -3.52. The second-order valence-electron chi connectivity index (χ2n) is 8.05. The molecule has 0 aliphatic carbocycles. The zero-order chi connectivity index (χ0) is 22.7. The number of amides is 2. The van der Waals surface area contributed by atoms with Gasteiger partial charge in [0.05, 0.1) is 24.0 Å². The second-order valence-corrected chi connectivity index (χ2v) is 8.05. The molecule has 3 aromatic rings. The van der Waals surface area contributed by atoms with E-state index in [4.69, 9.17) is 0 Å². The van der Waals surface area contributed by atoms with Gasteiger partial charge in [-0.25, -0.2) is 4.39 Å². The molecule has 8 heteroatoms. The molecule has 0 spiro atoms. The number of nitrogens with one attached hydrogen (secondary N) is 2. The average Bonchev–Trinajstić information content (AvgIpc) is 3.27. The molecule has 1 fully saturated rings. The standard InChI is InChI=1S/C24H26FN5O2/c1-16-4-3-5-17(2)22(16)27-21(31)15-29-10-12-30(13-11-29)24(32)20-14-26-28-23(20)18-6-8-19(25)9-7-18/h3-9,14H,10-13,15H2,1-2H3,(H,26,28)(H,27,31). The van der Waals surface area contributed by atoms with Crippen molar-refractivity contribution in [1.82, 2.24) is 20.0 Å². The molecular formula is C24H26FN5O2. The van der Waals surface area contributed by atoms with Gasteiger partial charge in [-0.3, -0.25) is 19.6 Å². The summed E-state index contributed by atoms with van der Waals surface area (Å²) in [5.74, 6) is -0.521. The molecule has 1 aliphatic rings. The molecule has 0 unspecified atom stereocenters. The Morgan fingerprint density at radius 3 is 2.34 bits per heavy atom. The summed E-state index contributed by atoms with van der Waals surface area (Å²) < 4.78 is 13.2. The Morgan fingerprint density at radius 2 is 1.69 bits per heavy atom. The number of aryl methyl sites for hydroxylation is 2. The van der Waals surface area contributed by atoms with E-state index in [1.807, 2.05) is 36.9 Å². The minimum atomic E-state index is -0.334. The van der Waals surface area contributed by atoms with E-state index in [2.05, 4.69) is 15.5 Å². The number of para-hydroxylation sites is 1. The van der Waals surface area contributed by atoms with Gasteiger partial charge < -0.3 is 10.2 Å². The van der Waals surface area contributed by atoms with Gasteiger partial charge in [-0.1, -0.05) is 18.2 Å². The van der Waals surface area contributed by atoms with Crippen molar-refractivity contribution in [3.63, 3.8) is 0 Å². The number of aromatic nitrogens is 2. The van der Waals surface area contributed by atoms with Crippen LogP contribution in [0.2, 0.25) is 0 Å². The maximum atomic E-state index is 13.2. The van der Waals surface area contributed by atoms with Gasteiger partial charge in [-0.05, 0) is 49.2 Å². The van der Waals surface area contributed by atoms with Gasteiger partial charge in [0.1, 0.15) is 5.82 Å². The molecule has 2 aromatic carbocycles. The number of piperazine rings is 1. The first-order valence-corrected chi connectivity index (χ1v) is 10.6. The number of carbonyl (C=O) groups excluding carboxylic acids is 2. The molecule has 32 heavy (non-hydrogen) atoms. The highest BCUT2D eigenvalue weighted by atomic mass is 19.1. The topological polar surface area (TPSA) is 81.3 Å². The van der Waals surface area contributed by atoms with Crippen LogP contribution < -0.4 is 5.32 Å². The van der Waals surface area contributed by atoms with Gasteiger partial charge in [0, 0.05) is 37.4 Å². The lowest BCUT2D eigenvalue weighted by Gasteiger charge is -2.34. The molecule has 0 saturated carbocycles. The van der Waals surface area contributed by atoms with Crippen molar-refractivity contribution < 1.29 is 14.0 Å². The molecule has 166 valence electrons. The summed E-state index contributed by atoms with van der Waals surface area (Å²) >= 11 is 0. The summed E-state index contributed by atoms with van der Waals surface area (Å²) in [5, 5.41) is 9.87. The minimum absolute atomic E-state index is 0.0596. The van der Waals surface area contributed by atoms with Crippen LogP contribution >= 0.6 is 0 Å². The van der Waals surface area contributed by atoms with E-state index in [0.717, 1.165) is 16.8 Å². The van der Waals surface area contributed by atoms with Gasteiger partial charge in [-0.15, -0.1) is 0 Å². The van der Waals surface area contributed by atoms with Crippen molar-refractivity contribution >= 4 is 17.5 Å². The van der Waals surface area contributed by atoms with Gasteiger partial charge in [0.25, 0.3) is 5.91 Å². The van der Waals surface area contributed by atoms with E-state index in [1.54, 1.807) is 17.0 Å². The van der Waals surface area contributed by atoms with Crippen LogP contribution in [0.15, 0.2) is 48.7 Å². The Balaban J connectivity index is 1.34. The average molecular weight is 436 g/mol. The SMILES string of the molecule is Cc1cccc(C)c1NC(=O)CN1CCN(C(=O)c2cn[nH]c2-c2ccc(F)cc2)CC1. The molecule has 1 saturated heterocycles. The molecule has 1 aromatic heterocycles. The van der Waals surface area contributed by atoms with Crippen LogP contribution in [-0.2, 0) is 4.79 Å². The summed E-state index contributed by atoms with van der Waals surface area (Å²) in [4.78, 5) is 29.4. The lowest BCUT2D eigenvalue weighted by molar-refractivity contribution is -0.117. The Labute approximate surface area is 186 Å². The molecular weight excluding hydrogens is 409 g/mol. The number of hydrogen-bond acceptors (Lipinski definition) is 4. The van der Waals surface area contributed by atoms with Crippen LogP contribution in [0.3, 0.4) is 0 Å². The summed E-state index contributed by atoms with van der Waals surface area (Å²) in [7, 11) is 0. The maximum Gasteiger partial charge on any atom is 0.257 e. The Kier molecular flexibility index (Phi) is 6.32. The highest BCUT2D eigenvalue weighted by Crippen LogP contribution is 2.23. The minimum Gasteiger partial charge on any atom is -0.336 e. The third-order valence-electron chi connectivity index (χ3n) is 5.77. The fraction of sp³-hybridized carbons (Fsp3) is 0.292. The van der Waals surface area contributed by atoms with Crippen molar-refractivity contribution in [1.29, 1.82) is 0 Å². The van der Waals surface area contributed by atoms with Crippen LogP contribution in [0, 0.1) is 19.7 Å². The first kappa shape index (κ1) is 21.7. The number of aromatic amines is 1. The van der Waals surface area contributed by atoms with Crippen LogP contribution in [0.4, 0.5) is 10.1 Å². The highest BCUT2D eigenvalue weighted by molar-refractivity contribution is 6.00. The summed E-state index contributed by atoms with van der Waals surface area (Å²) in [6, 6.07) is 11.9. The first-order valence-electron chi connectivity index (χ1n) is 10.6. The monoisotopic (exact) mass is 435 g/mol. The molecule has 2 heterocycles. The van der Waals surface area contributed by atoms with Gasteiger partial charge >= 0.3 is 0 Å². The largest absolute Gasteiger partial charge is 0.336 e. The predicted molar refractivity (Wildman–Crippen MR) is 121 cm³/mol. The summed E-state index contributed by atoms with van der Waals surface area (Å²) in [5.41, 5.74) is 4.66. The van der Waals surface area contributed by atoms with Crippen molar-refractivity contribution in [3.8, 4) is 11.3 Å². The third-order valence-corrected chi connectivity index (χ3v) is 5.77. The summed E-state index contributed by atoms with van der Waals surface area (Å²) in [6.45, 7) is 6.48. The Bertz CT molecular complexity index is 1100. The molecule has 0 bridgehead atoms. The molecule has 4 rings (SSSR count). The number of benzene rings is 2. The van der Waals surface area contributed by atoms with Crippen molar-refractivity contribution in [2.45, 2.75) is 13.8 Å². The zero-order valence-electron chi connectivity index (χ0n) is 18.2. The van der Waals surface area contributed by atoms with Gasteiger partial charge in [0.2, 0.25) is 5.91 Å². The molecule has 2 N–H and O–H groups in total. The van der Waals surface area contributed by atoms with E-state index in [9.17, 15) is 14.0 Å². The summed E-state index contributed by atoms with van der Waals surface area (Å²) in [6.07, 6.45) is 1.51. The van der Waals surface area contributed by atoms with E-state index in [1.165, 1.54) is 18.3 Å². The van der Waals surface area contributed by atoms with Crippen LogP contribution in [0.5, 0.6) is 0 Å². The smallest absolute Gasteiger partial charge is 0.257 e. The fourth-order valence-corrected chi connectivity index (χ4v) is 3.96. The van der Waals surface area contributed by atoms with Crippen LogP contribution in [0.25, 0.3) is 11.3 Å². The fourth-order valence-electron chi connectivity index (χ4n) is 3.96. The highest BCUT2D eigenvalue weighted by Gasteiger charge is 2.26. The quantitative estimate of drug-likeness (QED) is 0.645. The van der Waals surface area contributed by atoms with E-state index in [-0.39, 0.29) is 24.2 Å². The third kappa shape index (κ3) is 4.70.